The van der Waals surface area contributed by atoms with Gasteiger partial charge in [0.1, 0.15) is 11.9 Å². The molecule has 2 N–H and O–H groups in total. The molecule has 2 heterocycles. The largest absolute Gasteiger partial charge is 0.488 e. The van der Waals surface area contributed by atoms with Crippen LogP contribution in [0.5, 0.6) is 5.75 Å². The molecule has 5 nitrogen and oxygen atoms in total. The highest BCUT2D eigenvalue weighted by molar-refractivity contribution is 6.01. The van der Waals surface area contributed by atoms with Crippen LogP contribution in [0.1, 0.15) is 23.5 Å². The van der Waals surface area contributed by atoms with Crippen molar-refractivity contribution in [2.75, 3.05) is 11.9 Å². The van der Waals surface area contributed by atoms with Gasteiger partial charge < -0.3 is 15.4 Å². The number of benzene rings is 2. The van der Waals surface area contributed by atoms with Gasteiger partial charge in [-0.3, -0.25) is 9.59 Å². The number of carbonyl (C=O) groups excluding carboxylic acids is 2. The van der Waals surface area contributed by atoms with E-state index in [2.05, 4.69) is 10.6 Å². The third-order valence-corrected chi connectivity index (χ3v) is 4.53. The molecule has 5 heteroatoms. The quantitative estimate of drug-likeness (QED) is 0.910. The van der Waals surface area contributed by atoms with Gasteiger partial charge in [-0.1, -0.05) is 36.4 Å². The molecule has 0 fully saturated rings. The monoisotopic (exact) mass is 322 g/mol. The highest BCUT2D eigenvalue weighted by Crippen LogP contribution is 2.32. The summed E-state index contributed by atoms with van der Waals surface area (Å²) in [5.41, 5.74) is 2.75. The SMILES string of the molecule is O=C1C[C@H](C(=O)NC[C@H]2Cc3ccccc3O2)c2ccccc2N1. The minimum atomic E-state index is -0.446. The molecule has 2 aliphatic heterocycles. The van der Waals surface area contributed by atoms with Crippen molar-refractivity contribution >= 4 is 17.5 Å². The maximum absolute atomic E-state index is 12.6. The topological polar surface area (TPSA) is 67.4 Å². The van der Waals surface area contributed by atoms with E-state index in [1.807, 2.05) is 48.5 Å². The summed E-state index contributed by atoms with van der Waals surface area (Å²) >= 11 is 0. The predicted molar refractivity (Wildman–Crippen MR) is 90.0 cm³/mol. The first-order chi connectivity index (χ1) is 11.7. The molecular formula is C19H18N2O3. The van der Waals surface area contributed by atoms with Gasteiger partial charge in [-0.2, -0.15) is 0 Å². The molecule has 0 radical (unpaired) electrons. The van der Waals surface area contributed by atoms with E-state index in [0.717, 1.165) is 23.4 Å². The van der Waals surface area contributed by atoms with Crippen LogP contribution in [0, 0.1) is 0 Å². The summed E-state index contributed by atoms with van der Waals surface area (Å²) in [6, 6.07) is 15.4. The van der Waals surface area contributed by atoms with E-state index in [-0.39, 0.29) is 24.3 Å². The second-order valence-corrected chi connectivity index (χ2v) is 6.19. The van der Waals surface area contributed by atoms with Crippen molar-refractivity contribution in [3.8, 4) is 5.75 Å². The highest BCUT2D eigenvalue weighted by atomic mass is 16.5. The number of amides is 2. The Hall–Kier alpha value is -2.82. The molecule has 24 heavy (non-hydrogen) atoms. The van der Waals surface area contributed by atoms with Crippen molar-refractivity contribution in [2.45, 2.75) is 24.9 Å². The van der Waals surface area contributed by atoms with Crippen LogP contribution in [0.25, 0.3) is 0 Å². The van der Waals surface area contributed by atoms with E-state index in [9.17, 15) is 9.59 Å². The minimum Gasteiger partial charge on any atom is -0.488 e. The van der Waals surface area contributed by atoms with Crippen molar-refractivity contribution in [3.05, 3.63) is 59.7 Å². The minimum absolute atomic E-state index is 0.0565. The molecule has 2 aliphatic rings. The van der Waals surface area contributed by atoms with Gasteiger partial charge in [0.15, 0.2) is 0 Å². The van der Waals surface area contributed by atoms with Gasteiger partial charge in [-0.15, -0.1) is 0 Å². The van der Waals surface area contributed by atoms with E-state index < -0.39 is 5.92 Å². The Bertz CT molecular complexity index is 778. The van der Waals surface area contributed by atoms with E-state index in [4.69, 9.17) is 4.74 Å². The first kappa shape index (κ1) is 14.8. The predicted octanol–water partition coefficient (Wildman–Crippen LogP) is 2.23. The Morgan fingerprint density at radius 1 is 1.12 bits per heavy atom. The molecule has 0 saturated heterocycles. The van der Waals surface area contributed by atoms with Gasteiger partial charge in [0.25, 0.3) is 0 Å². The molecule has 2 aromatic rings. The third kappa shape index (κ3) is 2.73. The fourth-order valence-corrected chi connectivity index (χ4v) is 3.35. The van der Waals surface area contributed by atoms with Crippen molar-refractivity contribution in [3.63, 3.8) is 0 Å². The van der Waals surface area contributed by atoms with Crippen LogP contribution in [0.4, 0.5) is 5.69 Å². The van der Waals surface area contributed by atoms with E-state index in [1.165, 1.54) is 5.56 Å². The van der Waals surface area contributed by atoms with E-state index in [1.54, 1.807) is 0 Å². The highest BCUT2D eigenvalue weighted by Gasteiger charge is 2.31. The van der Waals surface area contributed by atoms with Crippen molar-refractivity contribution < 1.29 is 14.3 Å². The van der Waals surface area contributed by atoms with Crippen LogP contribution >= 0.6 is 0 Å². The standard InChI is InChI=1S/C19H18N2O3/c22-18-10-15(14-6-2-3-7-16(14)21-18)19(23)20-11-13-9-12-5-1-4-8-17(12)24-13/h1-8,13,15H,9-11H2,(H,20,23)(H,21,22)/t13-,15+/m1/s1. The third-order valence-electron chi connectivity index (χ3n) is 4.53. The molecule has 0 saturated carbocycles. The first-order valence-corrected chi connectivity index (χ1v) is 8.12. The zero-order chi connectivity index (χ0) is 16.5. The van der Waals surface area contributed by atoms with Crippen molar-refractivity contribution in [1.82, 2.24) is 5.32 Å². The van der Waals surface area contributed by atoms with Gasteiger partial charge in [-0.05, 0) is 23.3 Å². The van der Waals surface area contributed by atoms with Crippen LogP contribution in [-0.4, -0.2) is 24.5 Å². The van der Waals surface area contributed by atoms with E-state index in [0.29, 0.717) is 6.54 Å². The smallest absolute Gasteiger partial charge is 0.228 e. The van der Waals surface area contributed by atoms with Gasteiger partial charge in [0.05, 0.1) is 12.5 Å². The van der Waals surface area contributed by atoms with Gasteiger partial charge >= 0.3 is 0 Å². The lowest BCUT2D eigenvalue weighted by Gasteiger charge is -2.25. The average Bonchev–Trinajstić information content (AvgIpc) is 3.02. The number of ether oxygens (including phenoxy) is 1. The van der Waals surface area contributed by atoms with Gasteiger partial charge in [0, 0.05) is 18.5 Å². The molecule has 2 aromatic carbocycles. The molecule has 122 valence electrons. The van der Waals surface area contributed by atoms with Gasteiger partial charge in [0.2, 0.25) is 11.8 Å². The number of carbonyl (C=O) groups is 2. The number of fused-ring (bicyclic) bond motifs is 2. The molecule has 2 amide bonds. The maximum Gasteiger partial charge on any atom is 0.228 e. The fourth-order valence-electron chi connectivity index (χ4n) is 3.35. The molecule has 0 bridgehead atoms. The Balaban J connectivity index is 1.42. The number of anilines is 1. The van der Waals surface area contributed by atoms with Crippen molar-refractivity contribution in [1.29, 1.82) is 0 Å². The summed E-state index contributed by atoms with van der Waals surface area (Å²) in [5.74, 6) is 0.188. The number of hydrogen-bond donors (Lipinski definition) is 2. The first-order valence-electron chi connectivity index (χ1n) is 8.12. The lowest BCUT2D eigenvalue weighted by Crippen LogP contribution is -2.39. The number of rotatable bonds is 3. The summed E-state index contributed by atoms with van der Waals surface area (Å²) in [5, 5.41) is 5.76. The normalized spacial score (nSPS) is 21.2. The van der Waals surface area contributed by atoms with Gasteiger partial charge in [-0.25, -0.2) is 0 Å². The Morgan fingerprint density at radius 3 is 2.79 bits per heavy atom. The molecular weight excluding hydrogens is 304 g/mol. The molecule has 0 spiro atoms. The summed E-state index contributed by atoms with van der Waals surface area (Å²) in [4.78, 5) is 24.4. The van der Waals surface area contributed by atoms with Crippen molar-refractivity contribution in [2.24, 2.45) is 0 Å². The lowest BCUT2D eigenvalue weighted by molar-refractivity contribution is -0.126. The Morgan fingerprint density at radius 2 is 1.92 bits per heavy atom. The van der Waals surface area contributed by atoms with Crippen LogP contribution in [0.15, 0.2) is 48.5 Å². The average molecular weight is 322 g/mol. The number of nitrogens with one attached hydrogen (secondary N) is 2. The number of para-hydroxylation sites is 2. The second-order valence-electron chi connectivity index (χ2n) is 6.19. The molecule has 0 aliphatic carbocycles. The summed E-state index contributed by atoms with van der Waals surface area (Å²) in [6.45, 7) is 0.438. The van der Waals surface area contributed by atoms with Crippen LogP contribution in [-0.2, 0) is 16.0 Å². The summed E-state index contributed by atoms with van der Waals surface area (Å²) in [7, 11) is 0. The molecule has 0 aromatic heterocycles. The molecule has 4 rings (SSSR count). The Labute approximate surface area is 140 Å². The maximum atomic E-state index is 12.6. The van der Waals surface area contributed by atoms with Crippen LogP contribution in [0.2, 0.25) is 0 Å². The molecule has 0 unspecified atom stereocenters. The summed E-state index contributed by atoms with van der Waals surface area (Å²) in [6.07, 6.45) is 0.909. The van der Waals surface area contributed by atoms with E-state index >= 15 is 0 Å². The zero-order valence-electron chi connectivity index (χ0n) is 13.1. The number of hydrogen-bond acceptors (Lipinski definition) is 3. The fraction of sp³-hybridized carbons (Fsp3) is 0.263. The van der Waals surface area contributed by atoms with Crippen LogP contribution < -0.4 is 15.4 Å². The van der Waals surface area contributed by atoms with Crippen LogP contribution in [0.3, 0.4) is 0 Å². The molecule has 2 atom stereocenters. The summed E-state index contributed by atoms with van der Waals surface area (Å²) < 4.78 is 5.84. The second kappa shape index (κ2) is 6.00. The zero-order valence-corrected chi connectivity index (χ0v) is 13.1. The Kier molecular flexibility index (Phi) is 3.69. The lowest BCUT2D eigenvalue weighted by atomic mass is 9.90.